The molecule has 0 amide bonds. The molecule has 94 valence electrons. The number of carboxylic acid groups (broad SMARTS) is 1. The average Bonchev–Trinajstić information content (AvgIpc) is 2.90. The molecule has 1 aromatic carbocycles. The van der Waals surface area contributed by atoms with Crippen LogP contribution in [0.1, 0.15) is 11.1 Å². The molecule has 0 aliphatic rings. The quantitative estimate of drug-likeness (QED) is 0.669. The molecule has 0 aliphatic carbocycles. The Hall–Kier alpha value is -2.80. The van der Waals surface area contributed by atoms with E-state index < -0.39 is 5.97 Å². The smallest absolute Gasteiger partial charge is 0.344 e. The summed E-state index contributed by atoms with van der Waals surface area (Å²) in [5, 5.41) is 8.84. The van der Waals surface area contributed by atoms with Crippen LogP contribution in [0.5, 0.6) is 0 Å². The Morgan fingerprint density at radius 1 is 1.42 bits per heavy atom. The monoisotopic (exact) mass is 252 g/mol. The van der Waals surface area contributed by atoms with Gasteiger partial charge in [-0.3, -0.25) is 0 Å². The molecule has 0 saturated heterocycles. The van der Waals surface area contributed by atoms with Crippen LogP contribution < -0.4 is 0 Å². The largest absolute Gasteiger partial charge is 0.477 e. The van der Waals surface area contributed by atoms with E-state index >= 15 is 0 Å². The van der Waals surface area contributed by atoms with Gasteiger partial charge in [0, 0.05) is 18.9 Å². The SMILES string of the molecule is C#C/C(=C\c1ccc(Cn2ccnc2)cc1)C(=O)O. The molecule has 1 aromatic heterocycles. The number of aromatic nitrogens is 2. The first-order chi connectivity index (χ1) is 9.19. The summed E-state index contributed by atoms with van der Waals surface area (Å²) in [6, 6.07) is 7.54. The van der Waals surface area contributed by atoms with Crippen molar-refractivity contribution < 1.29 is 9.90 Å². The Labute approximate surface area is 111 Å². The van der Waals surface area contributed by atoms with Crippen LogP contribution >= 0.6 is 0 Å². The number of benzene rings is 1. The Kier molecular flexibility index (Phi) is 3.79. The molecule has 1 N–H and O–H groups in total. The van der Waals surface area contributed by atoms with Gasteiger partial charge in [-0.2, -0.15) is 0 Å². The highest BCUT2D eigenvalue weighted by molar-refractivity contribution is 5.96. The Morgan fingerprint density at radius 3 is 2.68 bits per heavy atom. The van der Waals surface area contributed by atoms with Crippen LogP contribution in [0.25, 0.3) is 6.08 Å². The molecule has 1 heterocycles. The fourth-order valence-corrected chi connectivity index (χ4v) is 1.64. The Balaban J connectivity index is 2.15. The summed E-state index contributed by atoms with van der Waals surface area (Å²) >= 11 is 0. The van der Waals surface area contributed by atoms with E-state index in [4.69, 9.17) is 11.5 Å². The van der Waals surface area contributed by atoms with Crippen LogP contribution in [0, 0.1) is 12.3 Å². The number of hydrogen-bond acceptors (Lipinski definition) is 2. The standard InChI is InChI=1S/C15H12N2O2/c1-2-14(15(18)19)9-12-3-5-13(6-4-12)10-17-8-7-16-11-17/h1,3-9,11H,10H2,(H,18,19)/b14-9+. The molecule has 0 aliphatic heterocycles. The van der Waals surface area contributed by atoms with E-state index in [2.05, 4.69) is 10.9 Å². The molecule has 4 nitrogen and oxygen atoms in total. The zero-order valence-electron chi connectivity index (χ0n) is 10.2. The maximum absolute atomic E-state index is 10.8. The summed E-state index contributed by atoms with van der Waals surface area (Å²) in [6.45, 7) is 0.727. The molecule has 0 saturated carbocycles. The molecule has 0 fully saturated rings. The van der Waals surface area contributed by atoms with Crippen molar-refractivity contribution in [3.05, 3.63) is 59.7 Å². The Bertz CT molecular complexity index is 632. The lowest BCUT2D eigenvalue weighted by Crippen LogP contribution is -1.98. The molecule has 2 rings (SSSR count). The fraction of sp³-hybridized carbons (Fsp3) is 0.0667. The van der Waals surface area contributed by atoms with Gasteiger partial charge >= 0.3 is 5.97 Å². The van der Waals surface area contributed by atoms with E-state index in [0.29, 0.717) is 0 Å². The van der Waals surface area contributed by atoms with Gasteiger partial charge in [0.15, 0.2) is 0 Å². The summed E-state index contributed by atoms with van der Waals surface area (Å²) in [6.07, 6.45) is 12.0. The second-order valence-corrected chi connectivity index (χ2v) is 3.98. The fourth-order valence-electron chi connectivity index (χ4n) is 1.64. The highest BCUT2D eigenvalue weighted by Gasteiger charge is 2.03. The lowest BCUT2D eigenvalue weighted by atomic mass is 10.1. The van der Waals surface area contributed by atoms with Crippen LogP contribution in [0.15, 0.2) is 48.6 Å². The van der Waals surface area contributed by atoms with Crippen molar-refractivity contribution in [2.75, 3.05) is 0 Å². The molecule has 19 heavy (non-hydrogen) atoms. The number of nitrogens with zero attached hydrogens (tertiary/aromatic N) is 2. The second-order valence-electron chi connectivity index (χ2n) is 3.98. The minimum Gasteiger partial charge on any atom is -0.477 e. The molecule has 2 aromatic rings. The number of imidazole rings is 1. The second kappa shape index (κ2) is 5.69. The predicted octanol–water partition coefficient (Wildman–Crippen LogP) is 2.03. The van der Waals surface area contributed by atoms with E-state index in [1.807, 2.05) is 35.0 Å². The molecular formula is C15H12N2O2. The molecule has 0 spiro atoms. The van der Waals surface area contributed by atoms with E-state index in [1.54, 1.807) is 12.5 Å². The molecule has 4 heteroatoms. The molecular weight excluding hydrogens is 240 g/mol. The highest BCUT2D eigenvalue weighted by atomic mass is 16.4. The topological polar surface area (TPSA) is 55.1 Å². The summed E-state index contributed by atoms with van der Waals surface area (Å²) in [5.41, 5.74) is 1.82. The van der Waals surface area contributed by atoms with Crippen molar-refractivity contribution in [3.63, 3.8) is 0 Å². The van der Waals surface area contributed by atoms with Crippen molar-refractivity contribution in [3.8, 4) is 12.3 Å². The van der Waals surface area contributed by atoms with Crippen LogP contribution in [0.2, 0.25) is 0 Å². The van der Waals surface area contributed by atoms with Gasteiger partial charge in [0.1, 0.15) is 5.57 Å². The van der Waals surface area contributed by atoms with Crippen LogP contribution in [-0.2, 0) is 11.3 Å². The number of aliphatic carboxylic acids is 1. The van der Waals surface area contributed by atoms with E-state index in [-0.39, 0.29) is 5.57 Å². The van der Waals surface area contributed by atoms with Crippen molar-refractivity contribution in [1.29, 1.82) is 0 Å². The number of carbonyl (C=O) groups is 1. The first-order valence-electron chi connectivity index (χ1n) is 5.65. The van der Waals surface area contributed by atoms with Gasteiger partial charge in [-0.1, -0.05) is 30.2 Å². The molecule has 0 unspecified atom stereocenters. The van der Waals surface area contributed by atoms with Crippen molar-refractivity contribution >= 4 is 12.0 Å². The summed E-state index contributed by atoms with van der Waals surface area (Å²) in [4.78, 5) is 14.8. The van der Waals surface area contributed by atoms with Gasteiger partial charge in [-0.15, -0.1) is 6.42 Å². The normalized spacial score (nSPS) is 11.0. The zero-order valence-corrected chi connectivity index (χ0v) is 10.2. The van der Waals surface area contributed by atoms with Crippen LogP contribution in [-0.4, -0.2) is 20.6 Å². The molecule has 0 atom stereocenters. The maximum atomic E-state index is 10.8. The summed E-state index contributed by atoms with van der Waals surface area (Å²) in [7, 11) is 0. The van der Waals surface area contributed by atoms with Crippen molar-refractivity contribution in [2.24, 2.45) is 0 Å². The average molecular weight is 252 g/mol. The Morgan fingerprint density at radius 2 is 2.16 bits per heavy atom. The predicted molar refractivity (Wildman–Crippen MR) is 72.2 cm³/mol. The number of terminal acetylenes is 1. The third-order valence-corrected chi connectivity index (χ3v) is 2.60. The molecule has 0 radical (unpaired) electrons. The lowest BCUT2D eigenvalue weighted by Gasteiger charge is -2.03. The number of rotatable bonds is 4. The highest BCUT2D eigenvalue weighted by Crippen LogP contribution is 2.10. The third kappa shape index (κ3) is 3.33. The van der Waals surface area contributed by atoms with Gasteiger partial charge in [0.2, 0.25) is 0 Å². The summed E-state index contributed by atoms with van der Waals surface area (Å²) < 4.78 is 1.95. The zero-order chi connectivity index (χ0) is 13.7. The number of carboxylic acids is 1. The van der Waals surface area contributed by atoms with E-state index in [1.165, 1.54) is 6.08 Å². The van der Waals surface area contributed by atoms with Gasteiger partial charge in [-0.25, -0.2) is 9.78 Å². The van der Waals surface area contributed by atoms with Gasteiger partial charge in [-0.05, 0) is 17.2 Å². The lowest BCUT2D eigenvalue weighted by molar-refractivity contribution is -0.132. The van der Waals surface area contributed by atoms with Gasteiger partial charge < -0.3 is 9.67 Å². The van der Waals surface area contributed by atoms with Crippen LogP contribution in [0.3, 0.4) is 0 Å². The number of hydrogen-bond donors (Lipinski definition) is 1. The maximum Gasteiger partial charge on any atom is 0.344 e. The minimum absolute atomic E-state index is 0.0534. The van der Waals surface area contributed by atoms with Crippen molar-refractivity contribution in [2.45, 2.75) is 6.54 Å². The van der Waals surface area contributed by atoms with E-state index in [0.717, 1.165) is 17.7 Å². The first kappa shape index (κ1) is 12.7. The third-order valence-electron chi connectivity index (χ3n) is 2.60. The summed E-state index contributed by atoms with van der Waals surface area (Å²) in [5.74, 6) is 1.06. The first-order valence-corrected chi connectivity index (χ1v) is 5.65. The van der Waals surface area contributed by atoms with Gasteiger partial charge in [0.05, 0.1) is 6.33 Å². The van der Waals surface area contributed by atoms with E-state index in [9.17, 15) is 4.79 Å². The van der Waals surface area contributed by atoms with Crippen molar-refractivity contribution in [1.82, 2.24) is 9.55 Å². The van der Waals surface area contributed by atoms with Crippen LogP contribution in [0.4, 0.5) is 0 Å². The van der Waals surface area contributed by atoms with Gasteiger partial charge in [0.25, 0.3) is 0 Å². The molecule has 0 bridgehead atoms. The minimum atomic E-state index is -1.09.